The Morgan fingerprint density at radius 1 is 0.935 bits per heavy atom. The average molecular weight is 421 g/mol. The van der Waals surface area contributed by atoms with Crippen LogP contribution in [0.25, 0.3) is 0 Å². The Kier molecular flexibility index (Phi) is 5.51. The van der Waals surface area contributed by atoms with Crippen LogP contribution in [0.3, 0.4) is 0 Å². The summed E-state index contributed by atoms with van der Waals surface area (Å²) in [4.78, 5) is 31.5. The molecule has 31 heavy (non-hydrogen) atoms. The number of piperidine rings is 1. The summed E-state index contributed by atoms with van der Waals surface area (Å²) in [7, 11) is 0. The molecule has 0 bridgehead atoms. The Bertz CT molecular complexity index is 948. The molecular weight excluding hydrogens is 392 g/mol. The van der Waals surface area contributed by atoms with E-state index in [1.807, 2.05) is 53.4 Å². The molecule has 0 saturated carbocycles. The number of amides is 2. The fraction of sp³-hybridized carbons (Fsp3) is 0.417. The van der Waals surface area contributed by atoms with Gasteiger partial charge in [0.1, 0.15) is 6.61 Å². The average Bonchev–Trinajstić information content (AvgIpc) is 2.84. The zero-order valence-corrected chi connectivity index (χ0v) is 17.6. The van der Waals surface area contributed by atoms with E-state index < -0.39 is 0 Å². The number of anilines is 2. The Morgan fingerprint density at radius 3 is 2.39 bits per heavy atom. The zero-order valence-electron chi connectivity index (χ0n) is 17.6. The van der Waals surface area contributed by atoms with Gasteiger partial charge in [-0.15, -0.1) is 0 Å². The van der Waals surface area contributed by atoms with Crippen molar-refractivity contribution in [3.8, 4) is 0 Å². The predicted octanol–water partition coefficient (Wildman–Crippen LogP) is 2.86. The molecule has 1 N–H and O–H groups in total. The molecule has 0 radical (unpaired) electrons. The second kappa shape index (κ2) is 8.59. The number of nitrogens with one attached hydrogen (secondary N) is 1. The van der Waals surface area contributed by atoms with Gasteiger partial charge in [-0.25, -0.2) is 4.79 Å². The summed E-state index contributed by atoms with van der Waals surface area (Å²) >= 11 is 0. The van der Waals surface area contributed by atoms with Crippen LogP contribution in [0, 0.1) is 0 Å². The molecular formula is C24H28N4O3. The highest BCUT2D eigenvalue weighted by molar-refractivity contribution is 5.95. The number of carbonyl (C=O) groups is 2. The highest BCUT2D eigenvalue weighted by atomic mass is 16.6. The van der Waals surface area contributed by atoms with Crippen LogP contribution in [0.15, 0.2) is 48.5 Å². The number of carbonyl (C=O) groups excluding carboxylic acids is 2. The number of benzene rings is 2. The first-order valence-electron chi connectivity index (χ1n) is 11.1. The minimum absolute atomic E-state index is 0.0492. The lowest BCUT2D eigenvalue weighted by Gasteiger charge is -2.40. The third-order valence-corrected chi connectivity index (χ3v) is 6.51. The number of para-hydroxylation sites is 1. The summed E-state index contributed by atoms with van der Waals surface area (Å²) in [5.41, 5.74) is 3.86. The lowest BCUT2D eigenvalue weighted by Crippen LogP contribution is -2.50. The van der Waals surface area contributed by atoms with Crippen molar-refractivity contribution in [3.05, 3.63) is 59.7 Å². The van der Waals surface area contributed by atoms with Crippen LogP contribution in [-0.4, -0.2) is 62.2 Å². The van der Waals surface area contributed by atoms with Gasteiger partial charge in [0.25, 0.3) is 5.91 Å². The standard InChI is InChI=1S/C24H28N4O3/c29-23(18-5-7-20(8-6-18)26-15-11-25-12-16-26)27-13-9-21(10-14-27)28-22-4-2-1-3-19(22)17-31-24(28)30/h1-8,21,25H,9-17H2. The summed E-state index contributed by atoms with van der Waals surface area (Å²) in [6.45, 7) is 5.55. The Morgan fingerprint density at radius 2 is 1.65 bits per heavy atom. The van der Waals surface area contributed by atoms with Crippen molar-refractivity contribution in [2.45, 2.75) is 25.5 Å². The van der Waals surface area contributed by atoms with E-state index in [0.29, 0.717) is 19.7 Å². The van der Waals surface area contributed by atoms with Gasteiger partial charge >= 0.3 is 6.09 Å². The summed E-state index contributed by atoms with van der Waals surface area (Å²) in [5.74, 6) is 0.0620. The number of hydrogen-bond acceptors (Lipinski definition) is 5. The van der Waals surface area contributed by atoms with E-state index in [1.54, 1.807) is 4.90 Å². The summed E-state index contributed by atoms with van der Waals surface area (Å²) < 4.78 is 5.37. The quantitative estimate of drug-likeness (QED) is 0.827. The summed E-state index contributed by atoms with van der Waals surface area (Å²) in [6, 6.07) is 15.9. The monoisotopic (exact) mass is 420 g/mol. The second-order valence-electron chi connectivity index (χ2n) is 8.36. The van der Waals surface area contributed by atoms with E-state index in [-0.39, 0.29) is 18.0 Å². The number of likely N-dealkylation sites (tertiary alicyclic amines) is 1. The highest BCUT2D eigenvalue weighted by Gasteiger charge is 2.35. The molecule has 2 aromatic carbocycles. The van der Waals surface area contributed by atoms with Crippen molar-refractivity contribution < 1.29 is 14.3 Å². The number of cyclic esters (lactones) is 1. The number of hydrogen-bond donors (Lipinski definition) is 1. The molecule has 0 unspecified atom stereocenters. The molecule has 3 heterocycles. The lowest BCUT2D eigenvalue weighted by atomic mass is 10.00. The van der Waals surface area contributed by atoms with E-state index in [4.69, 9.17) is 4.74 Å². The van der Waals surface area contributed by atoms with Crippen molar-refractivity contribution in [1.82, 2.24) is 10.2 Å². The number of nitrogens with zero attached hydrogens (tertiary/aromatic N) is 3. The minimum atomic E-state index is -0.285. The first kappa shape index (κ1) is 19.9. The normalized spacial score (nSPS) is 19.7. The molecule has 5 rings (SSSR count). The predicted molar refractivity (Wildman–Crippen MR) is 120 cm³/mol. The summed E-state index contributed by atoms with van der Waals surface area (Å²) in [6.07, 6.45) is 1.20. The first-order chi connectivity index (χ1) is 15.2. The Hall–Kier alpha value is -3.06. The fourth-order valence-corrected chi connectivity index (χ4v) is 4.77. The van der Waals surface area contributed by atoms with Crippen LogP contribution < -0.4 is 15.1 Å². The Labute approximate surface area is 182 Å². The molecule has 0 aliphatic carbocycles. The maximum Gasteiger partial charge on any atom is 0.414 e. The van der Waals surface area contributed by atoms with Gasteiger partial charge in [-0.1, -0.05) is 18.2 Å². The van der Waals surface area contributed by atoms with Crippen LogP contribution in [-0.2, 0) is 11.3 Å². The van der Waals surface area contributed by atoms with Crippen molar-refractivity contribution in [2.75, 3.05) is 49.1 Å². The first-order valence-corrected chi connectivity index (χ1v) is 11.1. The maximum atomic E-state index is 13.0. The molecule has 2 aromatic rings. The topological polar surface area (TPSA) is 65.1 Å². The van der Waals surface area contributed by atoms with Gasteiger partial charge in [0.2, 0.25) is 0 Å². The second-order valence-corrected chi connectivity index (χ2v) is 8.36. The van der Waals surface area contributed by atoms with E-state index >= 15 is 0 Å². The summed E-state index contributed by atoms with van der Waals surface area (Å²) in [5, 5.41) is 3.36. The smallest absolute Gasteiger partial charge is 0.414 e. The van der Waals surface area contributed by atoms with E-state index in [9.17, 15) is 9.59 Å². The van der Waals surface area contributed by atoms with Crippen molar-refractivity contribution in [2.24, 2.45) is 0 Å². The van der Waals surface area contributed by atoms with Crippen LogP contribution in [0.5, 0.6) is 0 Å². The van der Waals surface area contributed by atoms with Gasteiger partial charge in [0.05, 0.1) is 5.69 Å². The van der Waals surface area contributed by atoms with E-state index in [2.05, 4.69) is 10.2 Å². The SMILES string of the molecule is O=C(c1ccc(N2CCNCC2)cc1)N1CCC(N2C(=O)OCc3ccccc32)CC1. The Balaban J connectivity index is 1.22. The van der Waals surface area contributed by atoms with Crippen LogP contribution in [0.4, 0.5) is 16.2 Å². The third-order valence-electron chi connectivity index (χ3n) is 6.51. The molecule has 162 valence electrons. The van der Waals surface area contributed by atoms with Gasteiger partial charge in [0.15, 0.2) is 0 Å². The van der Waals surface area contributed by atoms with Gasteiger partial charge < -0.3 is 19.9 Å². The largest absolute Gasteiger partial charge is 0.444 e. The van der Waals surface area contributed by atoms with Crippen molar-refractivity contribution in [1.29, 1.82) is 0 Å². The minimum Gasteiger partial charge on any atom is -0.444 e. The molecule has 7 nitrogen and oxygen atoms in total. The number of fused-ring (bicyclic) bond motifs is 1. The number of ether oxygens (including phenoxy) is 1. The van der Waals surface area contributed by atoms with Gasteiger partial charge in [0, 0.05) is 62.1 Å². The van der Waals surface area contributed by atoms with Gasteiger partial charge in [-0.05, 0) is 43.2 Å². The molecule has 3 aliphatic rings. The van der Waals surface area contributed by atoms with E-state index in [0.717, 1.165) is 55.8 Å². The van der Waals surface area contributed by atoms with Gasteiger partial charge in [-0.3, -0.25) is 9.69 Å². The molecule has 2 saturated heterocycles. The maximum absolute atomic E-state index is 13.0. The zero-order chi connectivity index (χ0) is 21.2. The van der Waals surface area contributed by atoms with Crippen molar-refractivity contribution >= 4 is 23.4 Å². The number of rotatable bonds is 3. The molecule has 3 aliphatic heterocycles. The molecule has 0 atom stereocenters. The molecule has 7 heteroatoms. The van der Waals surface area contributed by atoms with Gasteiger partial charge in [-0.2, -0.15) is 0 Å². The third kappa shape index (κ3) is 3.97. The van der Waals surface area contributed by atoms with Crippen LogP contribution >= 0.6 is 0 Å². The highest BCUT2D eigenvalue weighted by Crippen LogP contribution is 2.32. The van der Waals surface area contributed by atoms with E-state index in [1.165, 1.54) is 5.69 Å². The lowest BCUT2D eigenvalue weighted by molar-refractivity contribution is 0.0708. The van der Waals surface area contributed by atoms with Crippen LogP contribution in [0.1, 0.15) is 28.8 Å². The van der Waals surface area contributed by atoms with Crippen molar-refractivity contribution in [3.63, 3.8) is 0 Å². The molecule has 2 amide bonds. The molecule has 0 aromatic heterocycles. The number of piperazine rings is 1. The van der Waals surface area contributed by atoms with Crippen LogP contribution in [0.2, 0.25) is 0 Å². The fourth-order valence-electron chi connectivity index (χ4n) is 4.77. The molecule has 0 spiro atoms. The molecule has 2 fully saturated rings.